The number of nitrogen functional groups attached to an aromatic ring is 1. The van der Waals surface area contributed by atoms with Crippen molar-refractivity contribution in [2.24, 2.45) is 5.92 Å². The summed E-state index contributed by atoms with van der Waals surface area (Å²) in [5.41, 5.74) is 7.65. The van der Waals surface area contributed by atoms with Crippen LogP contribution in [0.5, 0.6) is 0 Å². The Morgan fingerprint density at radius 2 is 2.06 bits per heavy atom. The number of aromatic nitrogens is 2. The van der Waals surface area contributed by atoms with Gasteiger partial charge in [-0.05, 0) is 34.3 Å². The second-order valence-electron chi connectivity index (χ2n) is 4.26. The first-order valence-electron chi connectivity index (χ1n) is 5.28. The molecule has 4 heteroatoms. The maximum Gasteiger partial charge on any atom is 0.220 e. The third-order valence-electron chi connectivity index (χ3n) is 2.38. The number of hydrogen-bond acceptors (Lipinski definition) is 3. The fraction of sp³-hybridized carbons (Fsp3) is 0.333. The predicted octanol–water partition coefficient (Wildman–Crippen LogP) is 3.17. The molecule has 3 nitrogen and oxygen atoms in total. The highest BCUT2D eigenvalue weighted by Crippen LogP contribution is 2.25. The topological polar surface area (TPSA) is 51.8 Å². The van der Waals surface area contributed by atoms with Crippen molar-refractivity contribution in [1.82, 2.24) is 9.97 Å². The second kappa shape index (κ2) is 4.37. The summed E-state index contributed by atoms with van der Waals surface area (Å²) in [4.78, 5) is 8.59. The predicted molar refractivity (Wildman–Crippen MR) is 70.2 cm³/mol. The molecule has 0 aliphatic heterocycles. The molecule has 1 aromatic carbocycles. The molecule has 1 aromatic heterocycles. The van der Waals surface area contributed by atoms with Gasteiger partial charge in [0.25, 0.3) is 0 Å². The average molecular weight is 280 g/mol. The summed E-state index contributed by atoms with van der Waals surface area (Å²) in [6.45, 7) is 4.34. The van der Waals surface area contributed by atoms with Crippen molar-refractivity contribution in [2.75, 3.05) is 5.73 Å². The summed E-state index contributed by atoms with van der Waals surface area (Å²) in [5, 5.41) is 1.08. The number of hydrogen-bond donors (Lipinski definition) is 1. The van der Waals surface area contributed by atoms with Gasteiger partial charge in [0, 0.05) is 9.86 Å². The number of fused-ring (bicyclic) bond motifs is 1. The molecule has 0 fully saturated rings. The third-order valence-corrected chi connectivity index (χ3v) is 3.02. The summed E-state index contributed by atoms with van der Waals surface area (Å²) in [7, 11) is 0. The standard InChI is InChI=1S/C12H14BrN3/c1-7(2)6-10-8-4-3-5-9(13)11(8)16-12(14)15-10/h3-5,7H,6H2,1-2H3,(H2,14,15,16). The van der Waals surface area contributed by atoms with Crippen LogP contribution in [0, 0.1) is 5.92 Å². The molecule has 0 spiro atoms. The summed E-state index contributed by atoms with van der Waals surface area (Å²) in [6, 6.07) is 6.00. The molecule has 2 aromatic rings. The molecule has 2 N–H and O–H groups in total. The molecular weight excluding hydrogens is 266 g/mol. The molecule has 0 aliphatic rings. The molecule has 84 valence electrons. The minimum absolute atomic E-state index is 0.343. The van der Waals surface area contributed by atoms with Crippen LogP contribution in [0.4, 0.5) is 5.95 Å². The zero-order valence-electron chi connectivity index (χ0n) is 9.37. The number of nitrogens with two attached hydrogens (primary N) is 1. The Hall–Kier alpha value is -1.16. The van der Waals surface area contributed by atoms with Crippen molar-refractivity contribution in [3.05, 3.63) is 28.4 Å². The average Bonchev–Trinajstić information content (AvgIpc) is 2.18. The molecule has 0 aliphatic carbocycles. The number of para-hydroxylation sites is 1. The van der Waals surface area contributed by atoms with Crippen LogP contribution in [0.3, 0.4) is 0 Å². The molecule has 1 heterocycles. The van der Waals surface area contributed by atoms with E-state index >= 15 is 0 Å². The first-order valence-corrected chi connectivity index (χ1v) is 6.08. The van der Waals surface area contributed by atoms with Crippen molar-refractivity contribution in [2.45, 2.75) is 20.3 Å². The van der Waals surface area contributed by atoms with Gasteiger partial charge in [0.1, 0.15) is 0 Å². The van der Waals surface area contributed by atoms with E-state index in [4.69, 9.17) is 5.73 Å². The Labute approximate surface area is 103 Å². The Morgan fingerprint density at radius 3 is 2.75 bits per heavy atom. The van der Waals surface area contributed by atoms with Gasteiger partial charge in [-0.15, -0.1) is 0 Å². The number of nitrogens with zero attached hydrogens (tertiary/aromatic N) is 2. The van der Waals surface area contributed by atoms with Crippen LogP contribution in [0.25, 0.3) is 10.9 Å². The Bertz CT molecular complexity index is 523. The fourth-order valence-electron chi connectivity index (χ4n) is 1.74. The van der Waals surface area contributed by atoms with Gasteiger partial charge in [-0.1, -0.05) is 26.0 Å². The van der Waals surface area contributed by atoms with E-state index in [1.165, 1.54) is 0 Å². The zero-order valence-corrected chi connectivity index (χ0v) is 11.0. The van der Waals surface area contributed by atoms with E-state index in [1.54, 1.807) is 0 Å². The zero-order chi connectivity index (χ0) is 11.7. The number of halogens is 1. The van der Waals surface area contributed by atoms with Gasteiger partial charge in [-0.2, -0.15) is 0 Å². The summed E-state index contributed by atoms with van der Waals surface area (Å²) in [6.07, 6.45) is 0.916. The van der Waals surface area contributed by atoms with Crippen LogP contribution in [-0.4, -0.2) is 9.97 Å². The van der Waals surface area contributed by atoms with Crippen molar-refractivity contribution in [3.63, 3.8) is 0 Å². The largest absolute Gasteiger partial charge is 0.368 e. The molecule has 0 radical (unpaired) electrons. The third kappa shape index (κ3) is 2.16. The molecule has 0 atom stereocenters. The van der Waals surface area contributed by atoms with Crippen molar-refractivity contribution >= 4 is 32.8 Å². The van der Waals surface area contributed by atoms with E-state index < -0.39 is 0 Å². The van der Waals surface area contributed by atoms with E-state index in [9.17, 15) is 0 Å². The van der Waals surface area contributed by atoms with Gasteiger partial charge in [-0.25, -0.2) is 9.97 Å². The van der Waals surface area contributed by atoms with E-state index in [0.717, 1.165) is 27.5 Å². The highest BCUT2D eigenvalue weighted by Gasteiger charge is 2.09. The van der Waals surface area contributed by atoms with E-state index in [1.807, 2.05) is 18.2 Å². The Morgan fingerprint density at radius 1 is 1.31 bits per heavy atom. The smallest absolute Gasteiger partial charge is 0.220 e. The van der Waals surface area contributed by atoms with E-state index in [0.29, 0.717) is 11.9 Å². The minimum atomic E-state index is 0.343. The monoisotopic (exact) mass is 279 g/mol. The first-order chi connectivity index (χ1) is 7.58. The van der Waals surface area contributed by atoms with Crippen molar-refractivity contribution < 1.29 is 0 Å². The van der Waals surface area contributed by atoms with E-state index in [-0.39, 0.29) is 0 Å². The normalized spacial score (nSPS) is 11.2. The molecule has 0 amide bonds. The van der Waals surface area contributed by atoms with Gasteiger partial charge in [0.15, 0.2) is 0 Å². The summed E-state index contributed by atoms with van der Waals surface area (Å²) >= 11 is 3.49. The molecule has 0 bridgehead atoms. The number of benzene rings is 1. The number of anilines is 1. The van der Waals surface area contributed by atoms with Gasteiger partial charge in [-0.3, -0.25) is 0 Å². The summed E-state index contributed by atoms with van der Waals surface area (Å²) in [5.74, 6) is 0.895. The lowest BCUT2D eigenvalue weighted by molar-refractivity contribution is 0.639. The highest BCUT2D eigenvalue weighted by atomic mass is 79.9. The molecule has 0 unspecified atom stereocenters. The molecular formula is C12H14BrN3. The lowest BCUT2D eigenvalue weighted by Gasteiger charge is -2.09. The molecule has 2 rings (SSSR count). The van der Waals surface area contributed by atoms with Gasteiger partial charge < -0.3 is 5.73 Å². The van der Waals surface area contributed by atoms with Crippen molar-refractivity contribution in [1.29, 1.82) is 0 Å². The Kier molecular flexibility index (Phi) is 3.10. The second-order valence-corrected chi connectivity index (χ2v) is 5.12. The minimum Gasteiger partial charge on any atom is -0.368 e. The van der Waals surface area contributed by atoms with Crippen LogP contribution in [0.1, 0.15) is 19.5 Å². The SMILES string of the molecule is CC(C)Cc1nc(N)nc2c(Br)cccc12. The highest BCUT2D eigenvalue weighted by molar-refractivity contribution is 9.10. The molecule has 0 saturated heterocycles. The fourth-order valence-corrected chi connectivity index (χ4v) is 2.20. The molecule has 0 saturated carbocycles. The van der Waals surface area contributed by atoms with Gasteiger partial charge in [0.2, 0.25) is 5.95 Å². The lowest BCUT2D eigenvalue weighted by Crippen LogP contribution is -2.04. The van der Waals surface area contributed by atoms with E-state index in [2.05, 4.69) is 39.7 Å². The van der Waals surface area contributed by atoms with Crippen LogP contribution < -0.4 is 5.73 Å². The van der Waals surface area contributed by atoms with Crippen molar-refractivity contribution in [3.8, 4) is 0 Å². The number of rotatable bonds is 2. The first kappa shape index (κ1) is 11.3. The van der Waals surface area contributed by atoms with Crippen LogP contribution in [0.15, 0.2) is 22.7 Å². The Balaban J connectivity index is 2.68. The van der Waals surface area contributed by atoms with Gasteiger partial charge >= 0.3 is 0 Å². The van der Waals surface area contributed by atoms with Crippen LogP contribution in [0.2, 0.25) is 0 Å². The van der Waals surface area contributed by atoms with Gasteiger partial charge in [0.05, 0.1) is 11.2 Å². The van der Waals surface area contributed by atoms with Crippen LogP contribution in [-0.2, 0) is 6.42 Å². The van der Waals surface area contributed by atoms with Crippen LogP contribution >= 0.6 is 15.9 Å². The lowest BCUT2D eigenvalue weighted by atomic mass is 10.0. The molecule has 16 heavy (non-hydrogen) atoms. The summed E-state index contributed by atoms with van der Waals surface area (Å²) < 4.78 is 0.962. The maximum absolute atomic E-state index is 5.73. The maximum atomic E-state index is 5.73. The quantitative estimate of drug-likeness (QED) is 0.919.